The SMILES string of the molecule is COC(=O)C(C)n1c(=S)[nH]c2cc(Br)cnc21. The molecule has 0 radical (unpaired) electrons. The number of rotatable bonds is 2. The van der Waals surface area contributed by atoms with Gasteiger partial charge in [-0.2, -0.15) is 0 Å². The number of H-pyrrole nitrogens is 1. The molecule has 1 N–H and O–H groups in total. The molecule has 1 unspecified atom stereocenters. The van der Waals surface area contributed by atoms with Gasteiger partial charge in [0.05, 0.1) is 12.6 Å². The summed E-state index contributed by atoms with van der Waals surface area (Å²) < 4.78 is 7.64. The van der Waals surface area contributed by atoms with E-state index in [-0.39, 0.29) is 5.97 Å². The minimum atomic E-state index is -0.505. The summed E-state index contributed by atoms with van der Waals surface area (Å²) in [6, 6.07) is 1.36. The van der Waals surface area contributed by atoms with Crippen molar-refractivity contribution in [2.45, 2.75) is 13.0 Å². The fourth-order valence-electron chi connectivity index (χ4n) is 1.62. The summed E-state index contributed by atoms with van der Waals surface area (Å²) in [6.07, 6.45) is 1.66. The summed E-state index contributed by atoms with van der Waals surface area (Å²) in [5.41, 5.74) is 1.41. The van der Waals surface area contributed by atoms with Crippen molar-refractivity contribution in [2.24, 2.45) is 0 Å². The first kappa shape index (κ1) is 12.3. The van der Waals surface area contributed by atoms with E-state index in [9.17, 15) is 4.79 Å². The Morgan fingerprint density at radius 2 is 2.41 bits per heavy atom. The number of halogens is 1. The van der Waals surface area contributed by atoms with Crippen LogP contribution in [-0.4, -0.2) is 27.6 Å². The van der Waals surface area contributed by atoms with Crippen molar-refractivity contribution < 1.29 is 9.53 Å². The lowest BCUT2D eigenvalue weighted by Crippen LogP contribution is -2.18. The van der Waals surface area contributed by atoms with Crippen LogP contribution in [0.25, 0.3) is 11.2 Å². The Hall–Kier alpha value is -1.21. The van der Waals surface area contributed by atoms with E-state index in [1.54, 1.807) is 17.7 Å². The normalized spacial score (nSPS) is 12.6. The molecule has 1 atom stereocenters. The third-order valence-corrected chi connectivity index (χ3v) is 3.18. The van der Waals surface area contributed by atoms with Crippen molar-refractivity contribution in [1.29, 1.82) is 0 Å². The number of carbonyl (C=O) groups is 1. The van der Waals surface area contributed by atoms with Crippen LogP contribution >= 0.6 is 28.1 Å². The number of esters is 1. The largest absolute Gasteiger partial charge is 0.467 e. The topological polar surface area (TPSA) is 59.9 Å². The number of nitrogens with zero attached hydrogens (tertiary/aromatic N) is 2. The minimum Gasteiger partial charge on any atom is -0.467 e. The molecule has 0 aromatic carbocycles. The average molecular weight is 316 g/mol. The highest BCUT2D eigenvalue weighted by molar-refractivity contribution is 9.10. The molecule has 0 saturated heterocycles. The number of fused-ring (bicyclic) bond motifs is 1. The van der Waals surface area contributed by atoms with Gasteiger partial charge in [-0.25, -0.2) is 9.78 Å². The molecular weight excluding hydrogens is 306 g/mol. The smallest absolute Gasteiger partial charge is 0.328 e. The summed E-state index contributed by atoms with van der Waals surface area (Å²) >= 11 is 8.51. The number of carbonyl (C=O) groups excluding carboxylic acids is 1. The van der Waals surface area contributed by atoms with Crippen LogP contribution in [0, 0.1) is 4.77 Å². The fourth-order valence-corrected chi connectivity index (χ4v) is 2.31. The van der Waals surface area contributed by atoms with Crippen LogP contribution in [0.2, 0.25) is 0 Å². The van der Waals surface area contributed by atoms with E-state index in [4.69, 9.17) is 17.0 Å². The first-order valence-corrected chi connectivity index (χ1v) is 6.08. The molecule has 2 aromatic rings. The Morgan fingerprint density at radius 1 is 1.71 bits per heavy atom. The van der Waals surface area contributed by atoms with Crippen LogP contribution < -0.4 is 0 Å². The van der Waals surface area contributed by atoms with Gasteiger partial charge in [0.25, 0.3) is 0 Å². The summed E-state index contributed by atoms with van der Waals surface area (Å²) in [5.74, 6) is -0.355. The maximum atomic E-state index is 11.5. The molecule has 0 spiro atoms. The molecule has 90 valence electrons. The number of imidazole rings is 1. The van der Waals surface area contributed by atoms with Gasteiger partial charge in [-0.1, -0.05) is 0 Å². The molecule has 17 heavy (non-hydrogen) atoms. The number of nitrogens with one attached hydrogen (secondary N) is 1. The lowest BCUT2D eigenvalue weighted by Gasteiger charge is -2.10. The van der Waals surface area contributed by atoms with Gasteiger partial charge in [0, 0.05) is 10.7 Å². The number of hydrogen-bond acceptors (Lipinski definition) is 4. The molecule has 0 fully saturated rings. The van der Waals surface area contributed by atoms with Gasteiger partial charge in [-0.05, 0) is 41.1 Å². The van der Waals surface area contributed by atoms with Crippen LogP contribution in [0.5, 0.6) is 0 Å². The van der Waals surface area contributed by atoms with Gasteiger partial charge in [-0.3, -0.25) is 4.57 Å². The van der Waals surface area contributed by atoms with Crippen LogP contribution in [0.15, 0.2) is 16.7 Å². The Bertz CT molecular complexity index is 634. The minimum absolute atomic E-state index is 0.355. The van der Waals surface area contributed by atoms with E-state index >= 15 is 0 Å². The number of pyridine rings is 1. The molecule has 5 nitrogen and oxygen atoms in total. The predicted octanol–water partition coefficient (Wildman–Crippen LogP) is 2.59. The molecule has 0 amide bonds. The molecular formula is C10H10BrN3O2S. The van der Waals surface area contributed by atoms with E-state index in [1.165, 1.54) is 7.11 Å². The van der Waals surface area contributed by atoms with E-state index in [2.05, 4.69) is 25.9 Å². The van der Waals surface area contributed by atoms with Crippen molar-refractivity contribution in [1.82, 2.24) is 14.5 Å². The number of aromatic nitrogens is 3. The zero-order chi connectivity index (χ0) is 12.6. The van der Waals surface area contributed by atoms with Gasteiger partial charge in [0.2, 0.25) is 0 Å². The zero-order valence-corrected chi connectivity index (χ0v) is 11.6. The second-order valence-electron chi connectivity index (χ2n) is 3.52. The van der Waals surface area contributed by atoms with E-state index in [0.29, 0.717) is 10.4 Å². The van der Waals surface area contributed by atoms with Crippen molar-refractivity contribution in [3.05, 3.63) is 21.5 Å². The number of hydrogen-bond donors (Lipinski definition) is 1. The molecule has 2 rings (SSSR count). The highest BCUT2D eigenvalue weighted by Crippen LogP contribution is 2.20. The van der Waals surface area contributed by atoms with Gasteiger partial charge in [0.1, 0.15) is 6.04 Å². The first-order valence-electron chi connectivity index (χ1n) is 4.88. The summed E-state index contributed by atoms with van der Waals surface area (Å²) in [5, 5.41) is 0. The van der Waals surface area contributed by atoms with Crippen LogP contribution in [0.3, 0.4) is 0 Å². The van der Waals surface area contributed by atoms with Gasteiger partial charge >= 0.3 is 5.97 Å². The molecule has 0 aliphatic carbocycles. The monoisotopic (exact) mass is 315 g/mol. The standard InChI is InChI=1S/C10H10BrN3O2S/c1-5(9(15)16-2)14-8-7(13-10(14)17)3-6(11)4-12-8/h3-5H,1-2H3,(H,13,17). The lowest BCUT2D eigenvalue weighted by molar-refractivity contribution is -0.143. The fraction of sp³-hybridized carbons (Fsp3) is 0.300. The second kappa shape index (κ2) is 4.58. The van der Waals surface area contributed by atoms with Crippen LogP contribution in [0.4, 0.5) is 0 Å². The van der Waals surface area contributed by atoms with Crippen molar-refractivity contribution >= 4 is 45.3 Å². The molecule has 0 aliphatic rings. The van der Waals surface area contributed by atoms with E-state index in [0.717, 1.165) is 9.99 Å². The summed E-state index contributed by atoms with van der Waals surface area (Å²) in [7, 11) is 1.35. The van der Waals surface area contributed by atoms with E-state index in [1.807, 2.05) is 6.07 Å². The maximum Gasteiger partial charge on any atom is 0.328 e. The molecule has 0 aliphatic heterocycles. The van der Waals surface area contributed by atoms with Crippen molar-refractivity contribution in [2.75, 3.05) is 7.11 Å². The van der Waals surface area contributed by atoms with Crippen LogP contribution in [0.1, 0.15) is 13.0 Å². The van der Waals surface area contributed by atoms with Crippen LogP contribution in [-0.2, 0) is 9.53 Å². The van der Waals surface area contributed by atoms with Gasteiger partial charge < -0.3 is 9.72 Å². The molecule has 0 bridgehead atoms. The highest BCUT2D eigenvalue weighted by atomic mass is 79.9. The predicted molar refractivity (Wildman–Crippen MR) is 69.3 cm³/mol. The van der Waals surface area contributed by atoms with Gasteiger partial charge in [-0.15, -0.1) is 0 Å². The molecule has 2 heterocycles. The lowest BCUT2D eigenvalue weighted by atomic mass is 10.3. The second-order valence-corrected chi connectivity index (χ2v) is 4.83. The van der Waals surface area contributed by atoms with Crippen molar-refractivity contribution in [3.8, 4) is 0 Å². The van der Waals surface area contributed by atoms with Gasteiger partial charge in [0.15, 0.2) is 10.4 Å². The molecule has 7 heteroatoms. The Kier molecular flexibility index (Phi) is 3.30. The molecule has 0 saturated carbocycles. The quantitative estimate of drug-likeness (QED) is 0.683. The third kappa shape index (κ3) is 2.12. The highest BCUT2D eigenvalue weighted by Gasteiger charge is 2.19. The summed E-state index contributed by atoms with van der Waals surface area (Å²) in [6.45, 7) is 1.72. The number of methoxy groups -OCH3 is 1. The Balaban J connectivity index is 2.65. The van der Waals surface area contributed by atoms with Crippen molar-refractivity contribution in [3.63, 3.8) is 0 Å². The number of ether oxygens (including phenoxy) is 1. The number of aromatic amines is 1. The van der Waals surface area contributed by atoms with E-state index < -0.39 is 6.04 Å². The third-order valence-electron chi connectivity index (χ3n) is 2.45. The first-order chi connectivity index (χ1) is 8.04. The molecule has 2 aromatic heterocycles. The maximum absolute atomic E-state index is 11.5. The summed E-state index contributed by atoms with van der Waals surface area (Å²) in [4.78, 5) is 18.8. The average Bonchev–Trinajstić information content (AvgIpc) is 2.62. The Morgan fingerprint density at radius 3 is 3.06 bits per heavy atom. The zero-order valence-electron chi connectivity index (χ0n) is 9.23. The Labute approximate surface area is 111 Å².